The highest BCUT2D eigenvalue weighted by atomic mass is 32.2. The van der Waals surface area contributed by atoms with E-state index >= 15 is 0 Å². The summed E-state index contributed by atoms with van der Waals surface area (Å²) >= 11 is 2.00. The van der Waals surface area contributed by atoms with Crippen molar-refractivity contribution >= 4 is 11.8 Å². The van der Waals surface area contributed by atoms with E-state index in [0.29, 0.717) is 6.04 Å². The van der Waals surface area contributed by atoms with Crippen LogP contribution in [0.15, 0.2) is 29.2 Å². The predicted octanol–water partition coefficient (Wildman–Crippen LogP) is 3.15. The second kappa shape index (κ2) is 6.29. The topological polar surface area (TPSA) is 15.3 Å². The molecule has 0 bridgehead atoms. The molecule has 1 N–H and O–H groups in total. The molecule has 104 valence electrons. The van der Waals surface area contributed by atoms with Gasteiger partial charge in [0.05, 0.1) is 0 Å². The first-order valence-corrected chi connectivity index (χ1v) is 8.53. The maximum absolute atomic E-state index is 3.80. The van der Waals surface area contributed by atoms with Crippen molar-refractivity contribution in [1.29, 1.82) is 0 Å². The van der Waals surface area contributed by atoms with E-state index in [1.54, 1.807) is 0 Å². The van der Waals surface area contributed by atoms with E-state index in [2.05, 4.69) is 41.4 Å². The van der Waals surface area contributed by atoms with Gasteiger partial charge < -0.3 is 10.2 Å². The highest BCUT2D eigenvalue weighted by Gasteiger charge is 2.24. The largest absolute Gasteiger partial charge is 0.309 e. The molecular formula is C16H24N2S. The molecule has 2 aliphatic heterocycles. The summed E-state index contributed by atoms with van der Waals surface area (Å²) in [6, 6.07) is 9.42. The zero-order valence-corrected chi connectivity index (χ0v) is 12.6. The number of nitrogens with zero attached hydrogens (tertiary/aromatic N) is 1. The van der Waals surface area contributed by atoms with E-state index in [1.807, 2.05) is 11.8 Å². The molecule has 1 atom stereocenters. The lowest BCUT2D eigenvalue weighted by atomic mass is 9.96. The van der Waals surface area contributed by atoms with Crippen molar-refractivity contribution in [3.8, 4) is 0 Å². The third-order valence-electron chi connectivity index (χ3n) is 4.51. The summed E-state index contributed by atoms with van der Waals surface area (Å²) in [6.45, 7) is 7.26. The first-order chi connectivity index (χ1) is 9.36. The van der Waals surface area contributed by atoms with Gasteiger partial charge in [-0.1, -0.05) is 25.1 Å². The zero-order valence-electron chi connectivity index (χ0n) is 11.8. The molecule has 1 aromatic carbocycles. The second-order valence-corrected chi connectivity index (χ2v) is 6.75. The summed E-state index contributed by atoms with van der Waals surface area (Å²) in [7, 11) is 0. The molecule has 1 unspecified atom stereocenters. The molecule has 3 rings (SSSR count). The van der Waals surface area contributed by atoms with Gasteiger partial charge in [-0.15, -0.1) is 11.8 Å². The third-order valence-corrected chi connectivity index (χ3v) is 5.69. The fourth-order valence-electron chi connectivity index (χ4n) is 3.15. The van der Waals surface area contributed by atoms with E-state index in [9.17, 15) is 0 Å². The van der Waals surface area contributed by atoms with Crippen LogP contribution in [0.25, 0.3) is 0 Å². The number of thioether (sulfide) groups is 1. The Kier molecular flexibility index (Phi) is 4.46. The Hall–Kier alpha value is -0.510. The SMILES string of the molecule is CCN1CCC(CNC2CSc3ccccc32)CC1. The normalized spacial score (nSPS) is 24.6. The van der Waals surface area contributed by atoms with Gasteiger partial charge in [0.25, 0.3) is 0 Å². The van der Waals surface area contributed by atoms with Gasteiger partial charge in [0.15, 0.2) is 0 Å². The van der Waals surface area contributed by atoms with Crippen LogP contribution in [0, 0.1) is 5.92 Å². The smallest absolute Gasteiger partial charge is 0.0426 e. The molecule has 0 saturated carbocycles. The van der Waals surface area contributed by atoms with Crippen molar-refractivity contribution in [2.24, 2.45) is 5.92 Å². The molecule has 2 aliphatic rings. The fourth-order valence-corrected chi connectivity index (χ4v) is 4.34. The van der Waals surface area contributed by atoms with Crippen LogP contribution in [0.1, 0.15) is 31.4 Å². The number of fused-ring (bicyclic) bond motifs is 1. The van der Waals surface area contributed by atoms with E-state index in [0.717, 1.165) is 5.92 Å². The molecule has 0 spiro atoms. The van der Waals surface area contributed by atoms with Gasteiger partial charge in [0.1, 0.15) is 0 Å². The number of nitrogens with one attached hydrogen (secondary N) is 1. The van der Waals surface area contributed by atoms with Gasteiger partial charge in [0.2, 0.25) is 0 Å². The Morgan fingerprint density at radius 1 is 1.26 bits per heavy atom. The molecule has 0 amide bonds. The van der Waals surface area contributed by atoms with Crippen LogP contribution < -0.4 is 5.32 Å². The molecule has 0 aromatic heterocycles. The minimum absolute atomic E-state index is 0.574. The summed E-state index contributed by atoms with van der Waals surface area (Å²) in [5, 5.41) is 3.80. The molecule has 1 saturated heterocycles. The van der Waals surface area contributed by atoms with Gasteiger partial charge in [-0.3, -0.25) is 0 Å². The minimum atomic E-state index is 0.574. The van der Waals surface area contributed by atoms with Crippen molar-refractivity contribution in [2.45, 2.75) is 30.7 Å². The van der Waals surface area contributed by atoms with Crippen molar-refractivity contribution in [1.82, 2.24) is 10.2 Å². The van der Waals surface area contributed by atoms with Gasteiger partial charge >= 0.3 is 0 Å². The molecule has 3 heteroatoms. The first-order valence-electron chi connectivity index (χ1n) is 7.54. The molecule has 19 heavy (non-hydrogen) atoms. The molecule has 0 radical (unpaired) electrons. The number of benzene rings is 1. The highest BCUT2D eigenvalue weighted by molar-refractivity contribution is 7.99. The highest BCUT2D eigenvalue weighted by Crippen LogP contribution is 2.37. The van der Waals surface area contributed by atoms with Crippen LogP contribution in [0.5, 0.6) is 0 Å². The summed E-state index contributed by atoms with van der Waals surface area (Å²) in [4.78, 5) is 4.04. The standard InChI is InChI=1S/C16H24N2S/c1-2-18-9-7-13(8-10-18)11-17-15-12-19-16-6-4-3-5-14(15)16/h3-6,13,15,17H,2,7-12H2,1H3. The third kappa shape index (κ3) is 3.15. The molecular weight excluding hydrogens is 252 g/mol. The van der Waals surface area contributed by atoms with Gasteiger partial charge in [-0.2, -0.15) is 0 Å². The average molecular weight is 276 g/mol. The summed E-state index contributed by atoms with van der Waals surface area (Å²) in [5.74, 6) is 2.08. The van der Waals surface area contributed by atoms with Gasteiger partial charge in [-0.25, -0.2) is 0 Å². The summed E-state index contributed by atoms with van der Waals surface area (Å²) in [5.41, 5.74) is 1.51. The monoisotopic (exact) mass is 276 g/mol. The Morgan fingerprint density at radius 3 is 2.84 bits per heavy atom. The zero-order chi connectivity index (χ0) is 13.1. The number of piperidine rings is 1. The Bertz CT molecular complexity index is 413. The molecule has 1 aromatic rings. The molecule has 1 fully saturated rings. The lowest BCUT2D eigenvalue weighted by Gasteiger charge is -2.31. The van der Waals surface area contributed by atoms with Crippen LogP contribution in [0.4, 0.5) is 0 Å². The van der Waals surface area contributed by atoms with Gasteiger partial charge in [0, 0.05) is 16.7 Å². The van der Waals surface area contributed by atoms with Crippen LogP contribution >= 0.6 is 11.8 Å². The van der Waals surface area contributed by atoms with E-state index in [4.69, 9.17) is 0 Å². The van der Waals surface area contributed by atoms with Crippen LogP contribution in [-0.2, 0) is 0 Å². The van der Waals surface area contributed by atoms with E-state index < -0.39 is 0 Å². The van der Waals surface area contributed by atoms with Crippen molar-refractivity contribution < 1.29 is 0 Å². The lowest BCUT2D eigenvalue weighted by molar-refractivity contribution is 0.188. The van der Waals surface area contributed by atoms with E-state index in [-0.39, 0.29) is 0 Å². The van der Waals surface area contributed by atoms with Crippen molar-refractivity contribution in [2.75, 3.05) is 31.9 Å². The summed E-state index contributed by atoms with van der Waals surface area (Å²) < 4.78 is 0. The van der Waals surface area contributed by atoms with Crippen LogP contribution in [0.2, 0.25) is 0 Å². The molecule has 2 nitrogen and oxygen atoms in total. The number of hydrogen-bond acceptors (Lipinski definition) is 3. The lowest BCUT2D eigenvalue weighted by Crippen LogP contribution is -2.37. The fraction of sp³-hybridized carbons (Fsp3) is 0.625. The Balaban J connectivity index is 1.49. The van der Waals surface area contributed by atoms with Crippen LogP contribution in [-0.4, -0.2) is 36.8 Å². The van der Waals surface area contributed by atoms with Crippen molar-refractivity contribution in [3.63, 3.8) is 0 Å². The maximum Gasteiger partial charge on any atom is 0.0426 e. The number of likely N-dealkylation sites (tertiary alicyclic amines) is 1. The Morgan fingerprint density at radius 2 is 2.05 bits per heavy atom. The van der Waals surface area contributed by atoms with Gasteiger partial charge in [-0.05, 0) is 56.6 Å². The minimum Gasteiger partial charge on any atom is -0.309 e. The second-order valence-electron chi connectivity index (χ2n) is 5.69. The maximum atomic E-state index is 3.80. The van der Waals surface area contributed by atoms with Crippen molar-refractivity contribution in [3.05, 3.63) is 29.8 Å². The Labute approximate surface area is 121 Å². The number of rotatable bonds is 4. The molecule has 2 heterocycles. The number of hydrogen-bond donors (Lipinski definition) is 1. The van der Waals surface area contributed by atoms with E-state index in [1.165, 1.54) is 55.2 Å². The average Bonchev–Trinajstić information content (AvgIpc) is 2.89. The predicted molar refractivity (Wildman–Crippen MR) is 82.7 cm³/mol. The van der Waals surface area contributed by atoms with Crippen LogP contribution in [0.3, 0.4) is 0 Å². The molecule has 0 aliphatic carbocycles. The first kappa shape index (κ1) is 13.5. The quantitative estimate of drug-likeness (QED) is 0.909. The summed E-state index contributed by atoms with van der Waals surface area (Å²) in [6.07, 6.45) is 2.73.